The molecule has 2 aromatic carbocycles. The van der Waals surface area contributed by atoms with Crippen LogP contribution in [0, 0.1) is 0 Å². The lowest BCUT2D eigenvalue weighted by Gasteiger charge is -2.36. The molecule has 1 saturated heterocycles. The molecule has 1 heterocycles. The Hall–Kier alpha value is -2.97. The molecule has 0 unspecified atom stereocenters. The summed E-state index contributed by atoms with van der Waals surface area (Å²) in [6, 6.07) is 11.7. The van der Waals surface area contributed by atoms with E-state index in [0.717, 1.165) is 47.2 Å². The predicted octanol–water partition coefficient (Wildman–Crippen LogP) is 5.27. The van der Waals surface area contributed by atoms with Crippen LogP contribution in [0.2, 0.25) is 0 Å². The molecule has 1 aliphatic heterocycles. The van der Waals surface area contributed by atoms with E-state index in [9.17, 15) is 4.79 Å². The van der Waals surface area contributed by atoms with E-state index in [-0.39, 0.29) is 5.91 Å². The van der Waals surface area contributed by atoms with Gasteiger partial charge in [0, 0.05) is 46.7 Å². The lowest BCUT2D eigenvalue weighted by atomic mass is 9.88. The zero-order valence-electron chi connectivity index (χ0n) is 20.4. The van der Waals surface area contributed by atoms with Crippen molar-refractivity contribution in [2.45, 2.75) is 19.3 Å². The third-order valence-electron chi connectivity index (χ3n) is 6.20. The second kappa shape index (κ2) is 11.6. The van der Waals surface area contributed by atoms with Crippen LogP contribution in [0.25, 0.3) is 6.08 Å². The number of allylic oxidation sites excluding steroid dienone is 1. The van der Waals surface area contributed by atoms with Gasteiger partial charge in [0.1, 0.15) is 0 Å². The molecule has 4 rings (SSSR count). The lowest BCUT2D eigenvalue weighted by Crippen LogP contribution is -2.38. The van der Waals surface area contributed by atoms with Gasteiger partial charge >= 0.3 is 0 Å². The summed E-state index contributed by atoms with van der Waals surface area (Å²) < 4.78 is 22.9. The Morgan fingerprint density at radius 1 is 1.00 bits per heavy atom. The summed E-state index contributed by atoms with van der Waals surface area (Å²) in [5.74, 6) is 1.34. The molecule has 1 aliphatic carbocycles. The Morgan fingerprint density at radius 3 is 2.26 bits per heavy atom. The summed E-state index contributed by atoms with van der Waals surface area (Å²) in [5.41, 5.74) is 4.68. The van der Waals surface area contributed by atoms with Crippen LogP contribution in [0.1, 0.15) is 24.8 Å². The van der Waals surface area contributed by atoms with Gasteiger partial charge in [-0.05, 0) is 48.6 Å². The molecule has 1 amide bonds. The predicted molar refractivity (Wildman–Crippen MR) is 140 cm³/mol. The van der Waals surface area contributed by atoms with Gasteiger partial charge in [0.05, 0.1) is 34.5 Å². The largest absolute Gasteiger partial charge is 0.493 e. The molecule has 8 heteroatoms. The number of methoxy groups -OCH3 is 3. The third kappa shape index (κ3) is 5.82. The van der Waals surface area contributed by atoms with Crippen LogP contribution in [-0.2, 0) is 9.53 Å². The van der Waals surface area contributed by atoms with E-state index >= 15 is 0 Å². The molecule has 0 atom stereocenters. The molecule has 2 aromatic rings. The highest BCUT2D eigenvalue weighted by atomic mass is 79.9. The van der Waals surface area contributed by atoms with Crippen molar-refractivity contribution in [1.29, 1.82) is 0 Å². The average molecular weight is 543 g/mol. The van der Waals surface area contributed by atoms with E-state index in [1.165, 1.54) is 5.57 Å². The minimum atomic E-state index is -0.123. The summed E-state index contributed by atoms with van der Waals surface area (Å²) in [6.07, 6.45) is 4.74. The molecular formula is C27H31BrN2O5. The first kappa shape index (κ1) is 25.1. The first-order valence-electron chi connectivity index (χ1n) is 11.7. The Kier molecular flexibility index (Phi) is 8.36. The second-order valence-corrected chi connectivity index (χ2v) is 9.29. The van der Waals surface area contributed by atoms with E-state index in [1.54, 1.807) is 33.5 Å². The van der Waals surface area contributed by atoms with Gasteiger partial charge in [-0.15, -0.1) is 0 Å². The first-order valence-corrected chi connectivity index (χ1v) is 12.5. The number of ether oxygens (including phenoxy) is 4. The van der Waals surface area contributed by atoms with Crippen molar-refractivity contribution in [3.8, 4) is 17.2 Å². The van der Waals surface area contributed by atoms with Crippen molar-refractivity contribution in [1.82, 2.24) is 4.90 Å². The fourth-order valence-corrected chi connectivity index (χ4v) is 4.81. The van der Waals surface area contributed by atoms with Gasteiger partial charge in [-0.25, -0.2) is 0 Å². The number of nitrogens with zero attached hydrogens (tertiary/aromatic N) is 1. The molecule has 1 fully saturated rings. The normalized spacial score (nSPS) is 17.4. The minimum Gasteiger partial charge on any atom is -0.493 e. The van der Waals surface area contributed by atoms with Gasteiger partial charge in [-0.3, -0.25) is 4.79 Å². The van der Waals surface area contributed by atoms with Crippen molar-refractivity contribution in [2.75, 3.05) is 52.9 Å². The number of rotatable bonds is 7. The summed E-state index contributed by atoms with van der Waals surface area (Å²) in [6.45, 7) is 2.82. The van der Waals surface area contributed by atoms with Gasteiger partial charge in [0.15, 0.2) is 11.5 Å². The van der Waals surface area contributed by atoms with Crippen LogP contribution in [-0.4, -0.2) is 58.4 Å². The van der Waals surface area contributed by atoms with Gasteiger partial charge in [-0.1, -0.05) is 28.1 Å². The van der Waals surface area contributed by atoms with E-state index < -0.39 is 0 Å². The van der Waals surface area contributed by atoms with Gasteiger partial charge in [0.25, 0.3) is 5.91 Å². The number of amides is 1. The molecule has 7 nitrogen and oxygen atoms in total. The molecule has 0 spiro atoms. The molecular weight excluding hydrogens is 512 g/mol. The van der Waals surface area contributed by atoms with Gasteiger partial charge in [0.2, 0.25) is 5.75 Å². The number of hydrogen-bond donors (Lipinski definition) is 1. The molecule has 2 aliphatic rings. The fraction of sp³-hybridized carbons (Fsp3) is 0.370. The van der Waals surface area contributed by atoms with E-state index in [2.05, 4.69) is 44.4 Å². The number of hydrogen-bond acceptors (Lipinski definition) is 6. The van der Waals surface area contributed by atoms with Crippen molar-refractivity contribution in [2.24, 2.45) is 0 Å². The van der Waals surface area contributed by atoms with E-state index in [4.69, 9.17) is 18.9 Å². The Morgan fingerprint density at radius 2 is 1.66 bits per heavy atom. The molecule has 35 heavy (non-hydrogen) atoms. The van der Waals surface area contributed by atoms with Gasteiger partial charge in [-0.2, -0.15) is 0 Å². The van der Waals surface area contributed by atoms with Crippen LogP contribution in [0.15, 0.2) is 57.7 Å². The molecule has 0 aromatic heterocycles. The number of carbonyl (C=O) groups is 1. The number of morpholine rings is 1. The summed E-state index contributed by atoms with van der Waals surface area (Å²) in [7, 11) is 4.67. The maximum atomic E-state index is 13.6. The minimum absolute atomic E-state index is 0.123. The summed E-state index contributed by atoms with van der Waals surface area (Å²) >= 11 is 3.50. The number of benzene rings is 2. The Labute approximate surface area is 214 Å². The number of anilines is 1. The average Bonchev–Trinajstić information content (AvgIpc) is 2.89. The van der Waals surface area contributed by atoms with Crippen molar-refractivity contribution in [3.63, 3.8) is 0 Å². The zero-order valence-corrected chi connectivity index (χ0v) is 21.9. The number of nitrogens with one attached hydrogen (secondary N) is 1. The first-order chi connectivity index (χ1) is 17.0. The molecule has 0 bridgehead atoms. The number of carbonyl (C=O) groups excluding carboxylic acids is 1. The quantitative estimate of drug-likeness (QED) is 0.514. The molecule has 186 valence electrons. The van der Waals surface area contributed by atoms with Crippen molar-refractivity contribution < 1.29 is 23.7 Å². The summed E-state index contributed by atoms with van der Waals surface area (Å²) in [4.78, 5) is 15.9. The van der Waals surface area contributed by atoms with Gasteiger partial charge < -0.3 is 29.2 Å². The monoisotopic (exact) mass is 542 g/mol. The highest BCUT2D eigenvalue weighted by Crippen LogP contribution is 2.41. The second-order valence-electron chi connectivity index (χ2n) is 8.37. The zero-order chi connectivity index (χ0) is 24.8. The highest BCUT2D eigenvalue weighted by Gasteiger charge is 2.28. The van der Waals surface area contributed by atoms with Crippen LogP contribution in [0.5, 0.6) is 17.2 Å². The molecule has 0 radical (unpaired) electrons. The van der Waals surface area contributed by atoms with E-state index in [0.29, 0.717) is 42.6 Å². The van der Waals surface area contributed by atoms with Crippen LogP contribution < -0.4 is 19.5 Å². The molecule has 0 saturated carbocycles. The SMILES string of the molecule is COc1cc(NC(=O)C2=C(N3CCOCC3)/C(=C\c3ccc(Br)cc3)CCC2)cc(OC)c1OC. The topological polar surface area (TPSA) is 69.3 Å². The van der Waals surface area contributed by atoms with Crippen molar-refractivity contribution >= 4 is 33.6 Å². The fourth-order valence-electron chi connectivity index (χ4n) is 4.55. The lowest BCUT2D eigenvalue weighted by molar-refractivity contribution is -0.113. The van der Waals surface area contributed by atoms with E-state index in [1.807, 2.05) is 12.1 Å². The standard InChI is InChI=1S/C27H31BrN2O5/c1-32-23-16-21(17-24(33-2)26(23)34-3)29-27(31)22-6-4-5-19(15-18-7-9-20(28)10-8-18)25(22)30-11-13-35-14-12-30/h7-10,15-17H,4-6,11-14H2,1-3H3,(H,29,31)/b19-15-. The van der Waals surface area contributed by atoms with Crippen LogP contribution in [0.4, 0.5) is 5.69 Å². The maximum Gasteiger partial charge on any atom is 0.253 e. The van der Waals surface area contributed by atoms with Crippen LogP contribution in [0.3, 0.4) is 0 Å². The smallest absolute Gasteiger partial charge is 0.253 e. The number of halogens is 1. The maximum absolute atomic E-state index is 13.6. The highest BCUT2D eigenvalue weighted by molar-refractivity contribution is 9.10. The van der Waals surface area contributed by atoms with Crippen molar-refractivity contribution in [3.05, 3.63) is 63.3 Å². The van der Waals surface area contributed by atoms with Crippen LogP contribution >= 0.6 is 15.9 Å². The Balaban J connectivity index is 1.72. The molecule has 1 N–H and O–H groups in total. The summed E-state index contributed by atoms with van der Waals surface area (Å²) in [5, 5.41) is 3.07. The Bertz CT molecular complexity index is 1100. The third-order valence-corrected chi connectivity index (χ3v) is 6.73.